The van der Waals surface area contributed by atoms with Crippen molar-refractivity contribution in [1.82, 2.24) is 24.7 Å². The molecule has 0 aliphatic heterocycles. The Labute approximate surface area is 123 Å². The first-order chi connectivity index (χ1) is 10.3. The van der Waals surface area contributed by atoms with Gasteiger partial charge in [0.25, 0.3) is 0 Å². The van der Waals surface area contributed by atoms with Gasteiger partial charge in [-0.1, -0.05) is 6.92 Å². The molecule has 0 radical (unpaired) electrons. The lowest BCUT2D eigenvalue weighted by Gasteiger charge is -2.12. The van der Waals surface area contributed by atoms with E-state index in [-0.39, 0.29) is 0 Å². The van der Waals surface area contributed by atoms with Crippen LogP contribution in [0.5, 0.6) is 0 Å². The van der Waals surface area contributed by atoms with Crippen LogP contribution in [0.2, 0.25) is 0 Å². The maximum Gasteiger partial charge on any atom is 0.141 e. The SMILES string of the molecule is CCC(CC=NC)n1cc(-c2ncnc3[nH]ccc23)cn1. The van der Waals surface area contributed by atoms with E-state index in [1.165, 1.54) is 0 Å². The van der Waals surface area contributed by atoms with Crippen LogP contribution >= 0.6 is 0 Å². The molecule has 3 aromatic heterocycles. The molecule has 0 spiro atoms. The van der Waals surface area contributed by atoms with E-state index in [9.17, 15) is 0 Å². The molecule has 1 atom stereocenters. The highest BCUT2D eigenvalue weighted by atomic mass is 15.3. The Morgan fingerprint density at radius 3 is 3.14 bits per heavy atom. The number of hydrogen-bond donors (Lipinski definition) is 1. The summed E-state index contributed by atoms with van der Waals surface area (Å²) in [6, 6.07) is 2.31. The molecule has 0 saturated heterocycles. The summed E-state index contributed by atoms with van der Waals surface area (Å²) >= 11 is 0. The van der Waals surface area contributed by atoms with Crippen LogP contribution < -0.4 is 0 Å². The largest absolute Gasteiger partial charge is 0.346 e. The number of aromatic nitrogens is 5. The lowest BCUT2D eigenvalue weighted by atomic mass is 10.1. The normalized spacial score (nSPS) is 13.2. The highest BCUT2D eigenvalue weighted by Crippen LogP contribution is 2.25. The molecular formula is C15H18N6. The molecule has 108 valence electrons. The van der Waals surface area contributed by atoms with E-state index < -0.39 is 0 Å². The van der Waals surface area contributed by atoms with Crippen LogP contribution in [0, 0.1) is 0 Å². The first kappa shape index (κ1) is 13.5. The second-order valence-electron chi connectivity index (χ2n) is 4.91. The van der Waals surface area contributed by atoms with Gasteiger partial charge in [-0.3, -0.25) is 4.68 Å². The first-order valence-corrected chi connectivity index (χ1v) is 7.06. The van der Waals surface area contributed by atoms with Crippen LogP contribution in [0.4, 0.5) is 0 Å². The molecule has 1 unspecified atom stereocenters. The van der Waals surface area contributed by atoms with Crippen molar-refractivity contribution in [1.29, 1.82) is 0 Å². The minimum atomic E-state index is 0.325. The van der Waals surface area contributed by atoms with Crippen LogP contribution in [-0.4, -0.2) is 38.0 Å². The van der Waals surface area contributed by atoms with Crippen molar-refractivity contribution in [3.8, 4) is 11.3 Å². The van der Waals surface area contributed by atoms with Gasteiger partial charge < -0.3 is 9.98 Å². The third-order valence-corrected chi connectivity index (χ3v) is 3.63. The van der Waals surface area contributed by atoms with Crippen molar-refractivity contribution in [3.05, 3.63) is 31.0 Å². The molecule has 21 heavy (non-hydrogen) atoms. The fourth-order valence-electron chi connectivity index (χ4n) is 2.45. The van der Waals surface area contributed by atoms with Gasteiger partial charge in [0.05, 0.1) is 17.9 Å². The molecule has 3 rings (SSSR count). The maximum absolute atomic E-state index is 4.49. The summed E-state index contributed by atoms with van der Waals surface area (Å²) in [7, 11) is 1.80. The summed E-state index contributed by atoms with van der Waals surface area (Å²) in [5.41, 5.74) is 2.76. The number of nitrogens with zero attached hydrogens (tertiary/aromatic N) is 5. The zero-order valence-electron chi connectivity index (χ0n) is 12.2. The summed E-state index contributed by atoms with van der Waals surface area (Å²) in [6.45, 7) is 2.16. The molecular weight excluding hydrogens is 264 g/mol. The second kappa shape index (κ2) is 5.87. The van der Waals surface area contributed by atoms with Gasteiger partial charge in [-0.25, -0.2) is 9.97 Å². The molecule has 6 nitrogen and oxygen atoms in total. The Kier molecular flexibility index (Phi) is 3.77. The number of aromatic amines is 1. The summed E-state index contributed by atoms with van der Waals surface area (Å²) in [6.07, 6.45) is 11.2. The summed E-state index contributed by atoms with van der Waals surface area (Å²) in [4.78, 5) is 15.8. The number of rotatable bonds is 5. The van der Waals surface area contributed by atoms with Gasteiger partial charge in [-0.2, -0.15) is 5.10 Å². The molecule has 1 N–H and O–H groups in total. The zero-order valence-corrected chi connectivity index (χ0v) is 12.2. The van der Waals surface area contributed by atoms with E-state index in [1.807, 2.05) is 35.6 Å². The number of nitrogens with one attached hydrogen (secondary N) is 1. The number of H-pyrrole nitrogens is 1. The third-order valence-electron chi connectivity index (χ3n) is 3.63. The zero-order chi connectivity index (χ0) is 14.7. The van der Waals surface area contributed by atoms with Crippen molar-refractivity contribution < 1.29 is 0 Å². The molecule has 0 bridgehead atoms. The van der Waals surface area contributed by atoms with Crippen molar-refractivity contribution >= 4 is 17.2 Å². The van der Waals surface area contributed by atoms with Gasteiger partial charge in [0.15, 0.2) is 0 Å². The average molecular weight is 282 g/mol. The number of fused-ring (bicyclic) bond motifs is 1. The predicted octanol–water partition coefficient (Wildman–Crippen LogP) is 2.86. The lowest BCUT2D eigenvalue weighted by molar-refractivity contribution is 0.457. The van der Waals surface area contributed by atoms with Gasteiger partial charge in [-0.15, -0.1) is 0 Å². The minimum Gasteiger partial charge on any atom is -0.346 e. The van der Waals surface area contributed by atoms with E-state index in [4.69, 9.17) is 0 Å². The Bertz CT molecular complexity index is 754. The fourth-order valence-corrected chi connectivity index (χ4v) is 2.45. The van der Waals surface area contributed by atoms with E-state index in [0.29, 0.717) is 6.04 Å². The van der Waals surface area contributed by atoms with Crippen LogP contribution in [0.1, 0.15) is 25.8 Å². The average Bonchev–Trinajstić information content (AvgIpc) is 3.16. The van der Waals surface area contributed by atoms with E-state index in [2.05, 4.69) is 32.0 Å². The molecule has 0 saturated carbocycles. The molecule has 0 amide bonds. The van der Waals surface area contributed by atoms with E-state index >= 15 is 0 Å². The van der Waals surface area contributed by atoms with Crippen LogP contribution in [0.15, 0.2) is 36.0 Å². The van der Waals surface area contributed by atoms with Crippen molar-refractivity contribution in [2.24, 2.45) is 4.99 Å². The molecule has 0 aromatic carbocycles. The van der Waals surface area contributed by atoms with Crippen LogP contribution in [-0.2, 0) is 0 Å². The van der Waals surface area contributed by atoms with Gasteiger partial charge in [0.1, 0.15) is 12.0 Å². The Hall–Kier alpha value is -2.50. The Morgan fingerprint density at radius 1 is 1.43 bits per heavy atom. The predicted molar refractivity (Wildman–Crippen MR) is 83.5 cm³/mol. The van der Waals surface area contributed by atoms with Crippen molar-refractivity contribution in [2.75, 3.05) is 7.05 Å². The van der Waals surface area contributed by atoms with Crippen molar-refractivity contribution in [2.45, 2.75) is 25.8 Å². The van der Waals surface area contributed by atoms with Gasteiger partial charge in [-0.05, 0) is 12.5 Å². The molecule has 3 heterocycles. The third kappa shape index (κ3) is 2.56. The first-order valence-electron chi connectivity index (χ1n) is 7.06. The Balaban J connectivity index is 1.96. The fraction of sp³-hybridized carbons (Fsp3) is 0.333. The maximum atomic E-state index is 4.49. The molecule has 0 fully saturated rings. The standard InChI is InChI=1S/C15H18N6/c1-3-12(4-6-16-2)21-9-11(8-20-21)14-13-5-7-17-15(13)19-10-18-14/h5-10,12H,3-4H2,1-2H3,(H,17,18,19). The van der Waals surface area contributed by atoms with E-state index in [1.54, 1.807) is 13.4 Å². The smallest absolute Gasteiger partial charge is 0.141 e. The monoisotopic (exact) mass is 282 g/mol. The molecule has 0 aliphatic carbocycles. The van der Waals surface area contributed by atoms with E-state index in [0.717, 1.165) is 35.1 Å². The van der Waals surface area contributed by atoms with Gasteiger partial charge >= 0.3 is 0 Å². The quantitative estimate of drug-likeness (QED) is 0.731. The minimum absolute atomic E-state index is 0.325. The summed E-state index contributed by atoms with van der Waals surface area (Å²) in [5.74, 6) is 0. The molecule has 6 heteroatoms. The number of aliphatic imine (C=N–C) groups is 1. The highest BCUT2D eigenvalue weighted by Gasteiger charge is 2.13. The van der Waals surface area contributed by atoms with Gasteiger partial charge in [0, 0.05) is 43.0 Å². The number of hydrogen-bond acceptors (Lipinski definition) is 4. The lowest BCUT2D eigenvalue weighted by Crippen LogP contribution is -2.08. The summed E-state index contributed by atoms with van der Waals surface area (Å²) in [5, 5.41) is 5.51. The highest BCUT2D eigenvalue weighted by molar-refractivity contribution is 5.89. The topological polar surface area (TPSA) is 71.8 Å². The van der Waals surface area contributed by atoms with Crippen LogP contribution in [0.25, 0.3) is 22.3 Å². The van der Waals surface area contributed by atoms with Gasteiger partial charge in [0.2, 0.25) is 0 Å². The Morgan fingerprint density at radius 2 is 2.33 bits per heavy atom. The molecule has 0 aliphatic rings. The van der Waals surface area contributed by atoms with Crippen molar-refractivity contribution in [3.63, 3.8) is 0 Å². The molecule has 3 aromatic rings. The summed E-state index contributed by atoms with van der Waals surface area (Å²) < 4.78 is 2.00. The van der Waals surface area contributed by atoms with Crippen LogP contribution in [0.3, 0.4) is 0 Å². The second-order valence-corrected chi connectivity index (χ2v) is 4.91.